The molecule has 2 aromatic heterocycles. The van der Waals surface area contributed by atoms with E-state index in [9.17, 15) is 4.79 Å². The molecule has 0 saturated heterocycles. The van der Waals surface area contributed by atoms with Gasteiger partial charge in [0.05, 0.1) is 30.7 Å². The molecule has 0 radical (unpaired) electrons. The van der Waals surface area contributed by atoms with Gasteiger partial charge in [-0.2, -0.15) is 0 Å². The minimum absolute atomic E-state index is 0.0532. The second kappa shape index (κ2) is 7.71. The van der Waals surface area contributed by atoms with Crippen LogP contribution in [0.15, 0.2) is 37.3 Å². The predicted octanol–water partition coefficient (Wildman–Crippen LogP) is 0.752. The van der Waals surface area contributed by atoms with Crippen LogP contribution in [0.5, 0.6) is 0 Å². The van der Waals surface area contributed by atoms with Crippen LogP contribution in [0.2, 0.25) is 0 Å². The summed E-state index contributed by atoms with van der Waals surface area (Å²) in [7, 11) is 5.82. The molecule has 1 N–H and O–H groups in total. The Morgan fingerprint density at radius 1 is 1.28 bits per heavy atom. The number of hydrogen-bond donors (Lipinski definition) is 1. The van der Waals surface area contributed by atoms with E-state index in [2.05, 4.69) is 25.2 Å². The number of aromatic nitrogens is 4. The molecule has 4 atom stereocenters. The maximum atomic E-state index is 12.6. The van der Waals surface area contributed by atoms with E-state index in [1.165, 1.54) is 12.4 Å². The highest BCUT2D eigenvalue weighted by Crippen LogP contribution is 2.32. The molecule has 1 aliphatic rings. The fraction of sp³-hybridized carbons (Fsp3) is 0.529. The van der Waals surface area contributed by atoms with E-state index in [1.807, 2.05) is 24.9 Å². The van der Waals surface area contributed by atoms with Crippen LogP contribution in [0.3, 0.4) is 0 Å². The molecule has 1 aliphatic carbocycles. The molecule has 2 heterocycles. The number of carbonyl (C=O) groups is 1. The van der Waals surface area contributed by atoms with Crippen LogP contribution < -0.4 is 5.32 Å². The van der Waals surface area contributed by atoms with E-state index in [1.54, 1.807) is 25.8 Å². The quantitative estimate of drug-likeness (QED) is 0.862. The number of nitrogens with zero attached hydrogens (tertiary/aromatic N) is 5. The van der Waals surface area contributed by atoms with Gasteiger partial charge in [-0.3, -0.25) is 9.78 Å². The van der Waals surface area contributed by atoms with E-state index in [0.717, 1.165) is 12.8 Å². The van der Waals surface area contributed by atoms with Crippen molar-refractivity contribution >= 4 is 5.91 Å². The van der Waals surface area contributed by atoms with Crippen LogP contribution in [0.1, 0.15) is 29.4 Å². The third-order valence-corrected chi connectivity index (χ3v) is 4.85. The summed E-state index contributed by atoms with van der Waals surface area (Å²) >= 11 is 0. The highest BCUT2D eigenvalue weighted by atomic mass is 16.5. The zero-order chi connectivity index (χ0) is 17.8. The number of rotatable bonds is 5. The Labute approximate surface area is 147 Å². The van der Waals surface area contributed by atoms with Gasteiger partial charge in [-0.05, 0) is 26.9 Å². The van der Waals surface area contributed by atoms with Crippen LogP contribution in [0.25, 0.3) is 0 Å². The van der Waals surface area contributed by atoms with E-state index in [0.29, 0.717) is 5.69 Å². The second-order valence-electron chi connectivity index (χ2n) is 6.52. The molecule has 0 spiro atoms. The van der Waals surface area contributed by atoms with E-state index in [-0.39, 0.29) is 30.1 Å². The standard InChI is InChI=1S/C17H24N6O2/c1-22(2)15-8-12(21-17(24)13-10-18-4-5-20-13)14(9-16(15)25-3)23-7-6-19-11-23/h4-7,10-12,14-16H,8-9H2,1-3H3,(H,21,24)/t12-,14-,15-,16-/m1/s1. The van der Waals surface area contributed by atoms with Gasteiger partial charge in [-0.25, -0.2) is 9.97 Å². The molecule has 0 aliphatic heterocycles. The molecule has 25 heavy (non-hydrogen) atoms. The summed E-state index contributed by atoms with van der Waals surface area (Å²) in [4.78, 5) is 26.9. The summed E-state index contributed by atoms with van der Waals surface area (Å²) in [5.41, 5.74) is 0.321. The summed E-state index contributed by atoms with van der Waals surface area (Å²) < 4.78 is 7.76. The molecule has 1 amide bonds. The van der Waals surface area contributed by atoms with Gasteiger partial charge in [0.25, 0.3) is 5.91 Å². The van der Waals surface area contributed by atoms with Crippen molar-refractivity contribution in [3.63, 3.8) is 0 Å². The van der Waals surface area contributed by atoms with Gasteiger partial charge in [0.1, 0.15) is 5.69 Å². The lowest BCUT2D eigenvalue weighted by Crippen LogP contribution is -2.55. The van der Waals surface area contributed by atoms with Crippen molar-refractivity contribution < 1.29 is 9.53 Å². The first kappa shape index (κ1) is 17.5. The van der Waals surface area contributed by atoms with Gasteiger partial charge in [-0.15, -0.1) is 0 Å². The Balaban J connectivity index is 1.83. The molecule has 1 saturated carbocycles. The van der Waals surface area contributed by atoms with Crippen LogP contribution in [0, 0.1) is 0 Å². The first-order chi connectivity index (χ1) is 12.1. The Bertz CT molecular complexity index is 676. The Hall–Kier alpha value is -2.32. The molecular formula is C17H24N6O2. The highest BCUT2D eigenvalue weighted by molar-refractivity contribution is 5.92. The molecule has 0 bridgehead atoms. The zero-order valence-electron chi connectivity index (χ0n) is 14.7. The normalized spacial score (nSPS) is 26.6. The van der Waals surface area contributed by atoms with Gasteiger partial charge in [0.2, 0.25) is 0 Å². The van der Waals surface area contributed by atoms with Crippen LogP contribution in [0.4, 0.5) is 0 Å². The molecule has 2 aromatic rings. The van der Waals surface area contributed by atoms with Crippen molar-refractivity contribution in [1.29, 1.82) is 0 Å². The number of carbonyl (C=O) groups excluding carboxylic acids is 1. The first-order valence-electron chi connectivity index (χ1n) is 8.33. The van der Waals surface area contributed by atoms with Gasteiger partial charge in [-0.1, -0.05) is 0 Å². The van der Waals surface area contributed by atoms with Gasteiger partial charge < -0.3 is 19.5 Å². The van der Waals surface area contributed by atoms with Gasteiger partial charge in [0.15, 0.2) is 0 Å². The average Bonchev–Trinajstić information content (AvgIpc) is 3.16. The summed E-state index contributed by atoms with van der Waals surface area (Å²) in [5, 5.41) is 3.13. The molecule has 8 nitrogen and oxygen atoms in total. The van der Waals surface area contributed by atoms with Crippen molar-refractivity contribution in [1.82, 2.24) is 29.7 Å². The van der Waals surface area contributed by atoms with E-state index >= 15 is 0 Å². The minimum atomic E-state index is -0.211. The van der Waals surface area contributed by atoms with Crippen molar-refractivity contribution in [3.05, 3.63) is 43.0 Å². The third-order valence-electron chi connectivity index (χ3n) is 4.85. The average molecular weight is 344 g/mol. The Morgan fingerprint density at radius 2 is 2.12 bits per heavy atom. The summed E-state index contributed by atoms with van der Waals surface area (Å²) in [6.45, 7) is 0. The number of imidazole rings is 1. The summed E-state index contributed by atoms with van der Waals surface area (Å²) in [6.07, 6.45) is 11.7. The highest BCUT2D eigenvalue weighted by Gasteiger charge is 2.40. The Morgan fingerprint density at radius 3 is 2.72 bits per heavy atom. The molecule has 8 heteroatoms. The predicted molar refractivity (Wildman–Crippen MR) is 92.1 cm³/mol. The zero-order valence-corrected chi connectivity index (χ0v) is 14.7. The largest absolute Gasteiger partial charge is 0.380 e. The van der Waals surface area contributed by atoms with Crippen molar-refractivity contribution in [3.8, 4) is 0 Å². The fourth-order valence-electron chi connectivity index (χ4n) is 3.53. The van der Waals surface area contributed by atoms with E-state index < -0.39 is 0 Å². The number of methoxy groups -OCH3 is 1. The SMILES string of the molecule is CO[C@@H]1C[C@@H](n2ccnc2)[C@H](NC(=O)c2cnccn2)C[C@H]1N(C)C. The smallest absolute Gasteiger partial charge is 0.271 e. The van der Waals surface area contributed by atoms with Crippen LogP contribution in [-0.2, 0) is 4.74 Å². The number of nitrogens with one attached hydrogen (secondary N) is 1. The van der Waals surface area contributed by atoms with Gasteiger partial charge >= 0.3 is 0 Å². The number of hydrogen-bond acceptors (Lipinski definition) is 6. The van der Waals surface area contributed by atoms with Crippen LogP contribution >= 0.6 is 0 Å². The molecular weight excluding hydrogens is 320 g/mol. The van der Waals surface area contributed by atoms with Crippen LogP contribution in [-0.4, -0.2) is 69.7 Å². The topological polar surface area (TPSA) is 85.2 Å². The van der Waals surface area contributed by atoms with E-state index in [4.69, 9.17) is 4.74 Å². The number of ether oxygens (including phenoxy) is 1. The number of likely N-dealkylation sites (N-methyl/N-ethyl adjacent to an activating group) is 1. The molecule has 0 aromatic carbocycles. The lowest BCUT2D eigenvalue weighted by molar-refractivity contribution is -0.0187. The summed E-state index contributed by atoms with van der Waals surface area (Å²) in [5.74, 6) is -0.211. The molecule has 3 rings (SSSR count). The lowest BCUT2D eigenvalue weighted by Gasteiger charge is -2.43. The first-order valence-corrected chi connectivity index (χ1v) is 8.33. The maximum absolute atomic E-state index is 12.6. The summed E-state index contributed by atoms with van der Waals surface area (Å²) in [6, 6.07) is 0.240. The molecule has 1 fully saturated rings. The molecule has 134 valence electrons. The monoisotopic (exact) mass is 344 g/mol. The fourth-order valence-corrected chi connectivity index (χ4v) is 3.53. The van der Waals surface area contributed by atoms with Crippen molar-refractivity contribution in [2.24, 2.45) is 0 Å². The van der Waals surface area contributed by atoms with Crippen molar-refractivity contribution in [2.45, 2.75) is 37.1 Å². The Kier molecular flexibility index (Phi) is 5.40. The molecule has 0 unspecified atom stereocenters. The van der Waals surface area contributed by atoms with Gasteiger partial charge in [0, 0.05) is 37.9 Å². The third kappa shape index (κ3) is 3.85. The lowest BCUT2D eigenvalue weighted by atomic mass is 9.83. The second-order valence-corrected chi connectivity index (χ2v) is 6.52. The maximum Gasteiger partial charge on any atom is 0.271 e. The number of amides is 1. The van der Waals surface area contributed by atoms with Crippen molar-refractivity contribution in [2.75, 3.05) is 21.2 Å². The minimum Gasteiger partial charge on any atom is -0.380 e.